The van der Waals surface area contributed by atoms with Gasteiger partial charge < -0.3 is 0 Å². The van der Waals surface area contributed by atoms with Gasteiger partial charge in [0.2, 0.25) is 0 Å². The van der Waals surface area contributed by atoms with E-state index in [9.17, 15) is 0 Å². The summed E-state index contributed by atoms with van der Waals surface area (Å²) in [4.78, 5) is 0.738. The van der Waals surface area contributed by atoms with Crippen LogP contribution < -0.4 is 21.2 Å². The van der Waals surface area contributed by atoms with Gasteiger partial charge in [-0.3, -0.25) is 0 Å². The molecule has 0 aliphatic heterocycles. The maximum atomic E-state index is 7.81. The molecule has 0 fully saturated rings. The first-order chi connectivity index (χ1) is 14.7. The van der Waals surface area contributed by atoms with Gasteiger partial charge in [0.1, 0.15) is 0 Å². The van der Waals surface area contributed by atoms with Crippen molar-refractivity contribution in [3.05, 3.63) is 121 Å². The Morgan fingerprint density at radius 2 is 0.733 bits per heavy atom. The van der Waals surface area contributed by atoms with Crippen LogP contribution in [0.5, 0.6) is 0 Å². The summed E-state index contributed by atoms with van der Waals surface area (Å²) < 4.78 is -0.473. The SMILES string of the molecule is ClC([CH2][Pd])(P(c1ccccc1)c1ccccc1)P(c1ccccc1)c1ccccc1. The van der Waals surface area contributed by atoms with Crippen molar-refractivity contribution in [3.8, 4) is 0 Å². The molecular formula is C26H22ClP2Pd. The van der Waals surface area contributed by atoms with Gasteiger partial charge in [-0.1, -0.05) is 0 Å². The first kappa shape index (κ1) is 21.9. The molecule has 0 saturated heterocycles. The summed E-state index contributed by atoms with van der Waals surface area (Å²) in [5.41, 5.74) is 0. The molecule has 0 aliphatic carbocycles. The molecule has 0 atom stereocenters. The second kappa shape index (κ2) is 10.3. The third-order valence-electron chi connectivity index (χ3n) is 4.89. The molecule has 4 aromatic rings. The topological polar surface area (TPSA) is 0 Å². The van der Waals surface area contributed by atoms with Crippen molar-refractivity contribution in [3.63, 3.8) is 0 Å². The zero-order valence-electron chi connectivity index (χ0n) is 16.3. The molecule has 0 amide bonds. The number of hydrogen-bond acceptors (Lipinski definition) is 0. The van der Waals surface area contributed by atoms with Crippen LogP contribution in [0.3, 0.4) is 0 Å². The van der Waals surface area contributed by atoms with Gasteiger partial charge in [0, 0.05) is 0 Å². The Hall–Kier alpha value is -1.31. The zero-order chi connectivity index (χ0) is 20.8. The first-order valence-electron chi connectivity index (χ1n) is 9.75. The van der Waals surface area contributed by atoms with E-state index in [1.165, 1.54) is 21.2 Å². The molecule has 4 rings (SSSR count). The van der Waals surface area contributed by atoms with E-state index in [0.717, 1.165) is 4.89 Å². The van der Waals surface area contributed by atoms with E-state index in [1.54, 1.807) is 0 Å². The third-order valence-corrected chi connectivity index (χ3v) is 14.1. The molecular weight excluding hydrogens is 516 g/mol. The van der Waals surface area contributed by atoms with E-state index in [0.29, 0.717) is 0 Å². The van der Waals surface area contributed by atoms with Crippen molar-refractivity contribution in [1.29, 1.82) is 0 Å². The number of halogens is 1. The van der Waals surface area contributed by atoms with E-state index in [4.69, 9.17) is 11.6 Å². The van der Waals surface area contributed by atoms with Crippen LogP contribution in [0, 0.1) is 0 Å². The summed E-state index contributed by atoms with van der Waals surface area (Å²) in [6, 6.07) is 43.1. The van der Waals surface area contributed by atoms with Gasteiger partial charge in [0.15, 0.2) is 0 Å². The van der Waals surface area contributed by atoms with Crippen LogP contribution >= 0.6 is 27.4 Å². The quantitative estimate of drug-likeness (QED) is 0.151. The van der Waals surface area contributed by atoms with E-state index in [-0.39, 0.29) is 0 Å². The monoisotopic (exact) mass is 537 g/mol. The van der Waals surface area contributed by atoms with Gasteiger partial charge in [-0.15, -0.1) is 0 Å². The Kier molecular flexibility index (Phi) is 7.55. The molecule has 0 aromatic heterocycles. The average molecular weight is 538 g/mol. The Morgan fingerprint density at radius 3 is 0.933 bits per heavy atom. The molecule has 153 valence electrons. The van der Waals surface area contributed by atoms with Gasteiger partial charge >= 0.3 is 198 Å². The van der Waals surface area contributed by atoms with E-state index in [2.05, 4.69) is 141 Å². The van der Waals surface area contributed by atoms with Crippen molar-refractivity contribution in [1.82, 2.24) is 0 Å². The summed E-state index contributed by atoms with van der Waals surface area (Å²) in [7, 11) is -1.65. The Morgan fingerprint density at radius 1 is 0.500 bits per heavy atom. The number of hydrogen-bond donors (Lipinski definition) is 0. The van der Waals surface area contributed by atoms with Gasteiger partial charge in [0.05, 0.1) is 0 Å². The van der Waals surface area contributed by atoms with Gasteiger partial charge in [-0.25, -0.2) is 0 Å². The van der Waals surface area contributed by atoms with Crippen molar-refractivity contribution in [2.24, 2.45) is 0 Å². The Labute approximate surface area is 197 Å². The average Bonchev–Trinajstić information content (AvgIpc) is 2.82. The molecule has 30 heavy (non-hydrogen) atoms. The number of benzene rings is 4. The summed E-state index contributed by atoms with van der Waals surface area (Å²) in [5, 5.41) is 5.22. The predicted molar refractivity (Wildman–Crippen MR) is 132 cm³/mol. The fourth-order valence-corrected chi connectivity index (χ4v) is 12.7. The first-order valence-corrected chi connectivity index (χ1v) is 13.9. The fourth-order valence-electron chi connectivity index (χ4n) is 3.60. The molecule has 0 nitrogen and oxygen atoms in total. The molecule has 0 aliphatic rings. The third kappa shape index (κ3) is 4.63. The van der Waals surface area contributed by atoms with Crippen LogP contribution in [-0.4, -0.2) is 4.36 Å². The summed E-state index contributed by atoms with van der Waals surface area (Å²) in [5.74, 6) is 0. The maximum absolute atomic E-state index is 7.81. The van der Waals surface area contributed by atoms with Crippen molar-refractivity contribution >= 4 is 48.7 Å². The normalized spacial score (nSPS) is 11.8. The van der Waals surface area contributed by atoms with E-state index < -0.39 is 20.2 Å². The molecule has 0 heterocycles. The van der Waals surface area contributed by atoms with Crippen LogP contribution in [0.1, 0.15) is 0 Å². The summed E-state index contributed by atoms with van der Waals surface area (Å²) in [6.07, 6.45) is 0. The van der Waals surface area contributed by atoms with Gasteiger partial charge in [-0.2, -0.15) is 0 Å². The van der Waals surface area contributed by atoms with Gasteiger partial charge in [-0.05, 0) is 0 Å². The Bertz CT molecular complexity index is 881. The standard InChI is InChI=1S/C26H22ClP2.Pd/c1-26(27,28(22-14-6-2-7-15-22)23-16-8-3-9-17-23)29(24-18-10-4-11-19-24)25-20-12-5-13-21-25;/h2-21H,1H2;. The molecule has 0 spiro atoms. The van der Waals surface area contributed by atoms with Crippen molar-refractivity contribution < 1.29 is 19.2 Å². The molecule has 0 saturated carbocycles. The van der Waals surface area contributed by atoms with Crippen molar-refractivity contribution in [2.45, 2.75) is 9.25 Å². The van der Waals surface area contributed by atoms with Crippen LogP contribution in [-0.2, 0) is 19.2 Å². The minimum absolute atomic E-state index is 0.473. The van der Waals surface area contributed by atoms with Gasteiger partial charge in [0.25, 0.3) is 0 Å². The van der Waals surface area contributed by atoms with E-state index >= 15 is 0 Å². The molecule has 4 heteroatoms. The van der Waals surface area contributed by atoms with Crippen LogP contribution in [0.2, 0.25) is 4.89 Å². The van der Waals surface area contributed by atoms with E-state index in [1.807, 2.05) is 0 Å². The van der Waals surface area contributed by atoms with Crippen LogP contribution in [0.25, 0.3) is 0 Å². The Balaban J connectivity index is 1.95. The molecule has 0 bridgehead atoms. The number of alkyl halides is 1. The molecule has 0 radical (unpaired) electrons. The predicted octanol–water partition coefficient (Wildman–Crippen LogP) is 6.11. The summed E-state index contributed by atoms with van der Waals surface area (Å²) in [6.45, 7) is 0. The van der Waals surface area contributed by atoms with Crippen molar-refractivity contribution in [2.75, 3.05) is 0 Å². The summed E-state index contributed by atoms with van der Waals surface area (Å²) >= 11 is 11.4. The number of rotatable bonds is 7. The second-order valence-electron chi connectivity index (χ2n) is 6.84. The second-order valence-corrected chi connectivity index (χ2v) is 13.9. The minimum atomic E-state index is -0.826. The zero-order valence-corrected chi connectivity index (χ0v) is 20.4. The molecule has 0 unspecified atom stereocenters. The van der Waals surface area contributed by atoms with Crippen LogP contribution in [0.15, 0.2) is 121 Å². The fraction of sp³-hybridized carbons (Fsp3) is 0.0769. The molecule has 0 N–H and O–H groups in total. The van der Waals surface area contributed by atoms with Crippen LogP contribution in [0.4, 0.5) is 0 Å². The molecule has 4 aromatic carbocycles.